The second kappa shape index (κ2) is 3.23. The molecule has 1 aliphatic heterocycles. The van der Waals surface area contributed by atoms with Gasteiger partial charge in [0.1, 0.15) is 0 Å². The minimum absolute atomic E-state index is 0.250. The van der Waals surface area contributed by atoms with Crippen molar-refractivity contribution in [3.8, 4) is 6.07 Å². The SMILES string of the molecule is CC1(C#N)CCS(=O)(=NC2CC2)CC1. The molecule has 0 atom stereocenters. The molecular weight excluding hydrogens is 196 g/mol. The molecule has 2 rings (SSSR count). The summed E-state index contributed by atoms with van der Waals surface area (Å²) in [5, 5.41) is 8.94. The van der Waals surface area contributed by atoms with E-state index in [2.05, 4.69) is 10.4 Å². The smallest absolute Gasteiger partial charge is 0.0687 e. The molecule has 0 aromatic carbocycles. The van der Waals surface area contributed by atoms with E-state index in [1.807, 2.05) is 6.92 Å². The zero-order chi connectivity index (χ0) is 10.2. The standard InChI is InChI=1S/C10H16N2OS/c1-10(8-11)4-6-14(13,7-5-10)12-9-2-3-9/h9H,2-7H2,1H3. The van der Waals surface area contributed by atoms with Gasteiger partial charge in [-0.15, -0.1) is 0 Å². The van der Waals surface area contributed by atoms with Crippen molar-refractivity contribution in [2.75, 3.05) is 11.5 Å². The molecule has 0 aromatic heterocycles. The molecule has 1 aliphatic carbocycles. The third-order valence-corrected chi connectivity index (χ3v) is 5.47. The molecule has 0 unspecified atom stereocenters. The number of nitrogens with zero attached hydrogens (tertiary/aromatic N) is 2. The maximum Gasteiger partial charge on any atom is 0.0687 e. The van der Waals surface area contributed by atoms with Gasteiger partial charge in [0.2, 0.25) is 0 Å². The first-order valence-corrected chi connectivity index (χ1v) is 7.04. The highest BCUT2D eigenvalue weighted by Gasteiger charge is 2.33. The highest BCUT2D eigenvalue weighted by Crippen LogP contribution is 2.34. The Bertz CT molecular complexity index is 369. The second-order valence-electron chi connectivity index (χ2n) is 4.69. The van der Waals surface area contributed by atoms with Gasteiger partial charge < -0.3 is 0 Å². The fourth-order valence-corrected chi connectivity index (χ4v) is 4.37. The Balaban J connectivity index is 2.09. The Labute approximate surface area is 85.7 Å². The first kappa shape index (κ1) is 9.97. The van der Waals surface area contributed by atoms with E-state index in [-0.39, 0.29) is 5.41 Å². The number of rotatable bonds is 1. The molecule has 0 amide bonds. The number of hydrogen-bond donors (Lipinski definition) is 0. The third kappa shape index (κ3) is 2.09. The van der Waals surface area contributed by atoms with Crippen LogP contribution >= 0.6 is 0 Å². The lowest BCUT2D eigenvalue weighted by molar-refractivity contribution is 0.399. The minimum Gasteiger partial charge on any atom is -0.250 e. The average molecular weight is 212 g/mol. The van der Waals surface area contributed by atoms with Crippen LogP contribution < -0.4 is 0 Å². The Hall–Kier alpha value is -0.560. The van der Waals surface area contributed by atoms with Crippen molar-refractivity contribution in [1.29, 1.82) is 5.26 Å². The van der Waals surface area contributed by atoms with Crippen LogP contribution in [0.3, 0.4) is 0 Å². The number of nitriles is 1. The van der Waals surface area contributed by atoms with Crippen molar-refractivity contribution < 1.29 is 4.21 Å². The summed E-state index contributed by atoms with van der Waals surface area (Å²) in [5.41, 5.74) is -0.250. The Morgan fingerprint density at radius 1 is 1.43 bits per heavy atom. The fourth-order valence-electron chi connectivity index (χ4n) is 1.67. The van der Waals surface area contributed by atoms with E-state index in [9.17, 15) is 4.21 Å². The number of hydrogen-bond acceptors (Lipinski definition) is 3. The maximum atomic E-state index is 12.2. The zero-order valence-corrected chi connectivity index (χ0v) is 9.35. The van der Waals surface area contributed by atoms with Crippen LogP contribution in [0.2, 0.25) is 0 Å². The summed E-state index contributed by atoms with van der Waals surface area (Å²) in [4.78, 5) is 0. The van der Waals surface area contributed by atoms with Crippen molar-refractivity contribution in [1.82, 2.24) is 0 Å². The monoisotopic (exact) mass is 212 g/mol. The Kier molecular flexibility index (Phi) is 2.30. The van der Waals surface area contributed by atoms with Crippen LogP contribution in [-0.2, 0) is 9.73 Å². The Morgan fingerprint density at radius 3 is 2.43 bits per heavy atom. The van der Waals surface area contributed by atoms with Gasteiger partial charge in [0.25, 0.3) is 0 Å². The van der Waals surface area contributed by atoms with Crippen molar-refractivity contribution in [2.24, 2.45) is 9.78 Å². The van der Waals surface area contributed by atoms with Gasteiger partial charge in [-0.05, 0) is 32.6 Å². The molecule has 0 spiro atoms. The van der Waals surface area contributed by atoms with E-state index in [4.69, 9.17) is 5.26 Å². The van der Waals surface area contributed by atoms with Gasteiger partial charge in [-0.1, -0.05) is 0 Å². The summed E-state index contributed by atoms with van der Waals surface area (Å²) < 4.78 is 16.6. The van der Waals surface area contributed by atoms with Crippen LogP contribution in [-0.4, -0.2) is 21.8 Å². The van der Waals surface area contributed by atoms with Gasteiger partial charge in [0.05, 0.1) is 17.5 Å². The molecule has 2 fully saturated rings. The lowest BCUT2D eigenvalue weighted by Crippen LogP contribution is -2.30. The van der Waals surface area contributed by atoms with E-state index in [1.54, 1.807) is 0 Å². The average Bonchev–Trinajstić information content (AvgIpc) is 2.95. The lowest BCUT2D eigenvalue weighted by atomic mass is 9.86. The van der Waals surface area contributed by atoms with Crippen molar-refractivity contribution in [2.45, 2.75) is 38.6 Å². The molecule has 2 aliphatic rings. The maximum absolute atomic E-state index is 12.2. The molecule has 0 N–H and O–H groups in total. The quantitative estimate of drug-likeness (QED) is 0.667. The first-order chi connectivity index (χ1) is 6.55. The van der Waals surface area contributed by atoms with E-state index in [0.29, 0.717) is 17.5 Å². The fraction of sp³-hybridized carbons (Fsp3) is 0.900. The van der Waals surface area contributed by atoms with E-state index >= 15 is 0 Å². The summed E-state index contributed by atoms with van der Waals surface area (Å²) in [6.45, 7) is 1.96. The lowest BCUT2D eigenvalue weighted by Gasteiger charge is -2.28. The molecule has 3 nitrogen and oxygen atoms in total. The molecule has 14 heavy (non-hydrogen) atoms. The van der Waals surface area contributed by atoms with Crippen LogP contribution in [0.25, 0.3) is 0 Å². The van der Waals surface area contributed by atoms with Gasteiger partial charge in [-0.2, -0.15) is 5.26 Å². The van der Waals surface area contributed by atoms with Gasteiger partial charge >= 0.3 is 0 Å². The van der Waals surface area contributed by atoms with Crippen molar-refractivity contribution >= 4 is 9.73 Å². The highest BCUT2D eigenvalue weighted by molar-refractivity contribution is 7.93. The molecule has 4 heteroatoms. The Morgan fingerprint density at radius 2 is 2.00 bits per heavy atom. The summed E-state index contributed by atoms with van der Waals surface area (Å²) >= 11 is 0. The summed E-state index contributed by atoms with van der Waals surface area (Å²) in [5.74, 6) is 1.26. The van der Waals surface area contributed by atoms with Crippen molar-refractivity contribution in [3.63, 3.8) is 0 Å². The van der Waals surface area contributed by atoms with Crippen LogP contribution in [0, 0.1) is 16.7 Å². The van der Waals surface area contributed by atoms with Gasteiger partial charge in [-0.25, -0.2) is 8.57 Å². The van der Waals surface area contributed by atoms with Gasteiger partial charge in [0.15, 0.2) is 0 Å². The molecule has 78 valence electrons. The molecule has 0 radical (unpaired) electrons. The first-order valence-electron chi connectivity index (χ1n) is 5.18. The normalized spacial score (nSPS) is 42.9. The van der Waals surface area contributed by atoms with Crippen LogP contribution in [0.1, 0.15) is 32.6 Å². The predicted octanol–water partition coefficient (Wildman–Crippen LogP) is 1.94. The third-order valence-electron chi connectivity index (χ3n) is 3.10. The summed E-state index contributed by atoms with van der Waals surface area (Å²) in [6, 6.07) is 2.70. The second-order valence-corrected chi connectivity index (χ2v) is 7.26. The van der Waals surface area contributed by atoms with Crippen LogP contribution in [0.4, 0.5) is 0 Å². The molecular formula is C10H16N2OS. The molecule has 1 saturated heterocycles. The van der Waals surface area contributed by atoms with E-state index < -0.39 is 9.73 Å². The van der Waals surface area contributed by atoms with E-state index in [1.165, 1.54) is 0 Å². The predicted molar refractivity (Wildman–Crippen MR) is 56.3 cm³/mol. The topological polar surface area (TPSA) is 53.2 Å². The van der Waals surface area contributed by atoms with Crippen molar-refractivity contribution in [3.05, 3.63) is 0 Å². The molecule has 0 bridgehead atoms. The van der Waals surface area contributed by atoms with Crippen LogP contribution in [0.5, 0.6) is 0 Å². The van der Waals surface area contributed by atoms with Crippen LogP contribution in [0.15, 0.2) is 4.36 Å². The molecule has 1 saturated carbocycles. The summed E-state index contributed by atoms with van der Waals surface area (Å²) in [6.07, 6.45) is 3.73. The molecule has 0 aromatic rings. The largest absolute Gasteiger partial charge is 0.250 e. The molecule has 1 heterocycles. The van der Waals surface area contributed by atoms with Gasteiger partial charge in [0, 0.05) is 21.2 Å². The minimum atomic E-state index is -1.93. The summed E-state index contributed by atoms with van der Waals surface area (Å²) in [7, 11) is -1.93. The van der Waals surface area contributed by atoms with Gasteiger partial charge in [-0.3, -0.25) is 0 Å². The highest BCUT2D eigenvalue weighted by atomic mass is 32.2. The van der Waals surface area contributed by atoms with E-state index in [0.717, 1.165) is 25.7 Å². The zero-order valence-electron chi connectivity index (χ0n) is 8.53.